The lowest BCUT2D eigenvalue weighted by molar-refractivity contribution is -0.152. The highest BCUT2D eigenvalue weighted by Gasteiger charge is 2.62. The van der Waals surface area contributed by atoms with Gasteiger partial charge in [-0.1, -0.05) is 65.0 Å². The Kier molecular flexibility index (Phi) is 8.87. The molecule has 11 heteroatoms. The molecular weight excluding hydrogens is 572 g/mol. The normalized spacial score (nSPS) is 22.8. The molecule has 4 amide bonds. The molecule has 1 spiro atoms. The van der Waals surface area contributed by atoms with Crippen molar-refractivity contribution in [1.29, 1.82) is 0 Å². The van der Waals surface area contributed by atoms with Gasteiger partial charge in [0.05, 0.1) is 36.9 Å². The number of hydrogen-bond acceptors (Lipinski definition) is 6. The van der Waals surface area contributed by atoms with Crippen LogP contribution in [0.3, 0.4) is 0 Å². The Hall–Kier alpha value is -3.73. The number of ether oxygens (including phenoxy) is 1. The molecule has 3 fully saturated rings. The van der Waals surface area contributed by atoms with E-state index in [-0.39, 0.29) is 46.9 Å². The zero-order valence-corrected chi connectivity index (χ0v) is 27.6. The van der Waals surface area contributed by atoms with Gasteiger partial charge in [-0.25, -0.2) is 0 Å². The van der Waals surface area contributed by atoms with Gasteiger partial charge < -0.3 is 25.2 Å². The summed E-state index contributed by atoms with van der Waals surface area (Å²) in [7, 11) is 1.53. The van der Waals surface area contributed by atoms with Gasteiger partial charge in [-0.05, 0) is 29.7 Å². The third kappa shape index (κ3) is 7.08. The van der Waals surface area contributed by atoms with Crippen LogP contribution in [0.4, 0.5) is 0 Å². The van der Waals surface area contributed by atoms with Crippen LogP contribution in [0, 0.1) is 28.1 Å². The molecule has 1 aromatic heterocycles. The first kappa shape index (κ1) is 32.7. The first-order valence-electron chi connectivity index (χ1n) is 15.9. The third-order valence-corrected chi connectivity index (χ3v) is 9.53. The lowest BCUT2D eigenvalue weighted by atomic mass is 9.70. The Morgan fingerprint density at radius 3 is 2.29 bits per heavy atom. The number of hydrogen-bond donors (Lipinski definition) is 2. The zero-order valence-electron chi connectivity index (χ0n) is 27.6. The fourth-order valence-corrected chi connectivity index (χ4v) is 6.58. The lowest BCUT2D eigenvalue weighted by Gasteiger charge is -2.50. The van der Waals surface area contributed by atoms with Crippen LogP contribution in [-0.2, 0) is 25.7 Å². The minimum atomic E-state index is -0.909. The van der Waals surface area contributed by atoms with Gasteiger partial charge in [0.1, 0.15) is 6.04 Å². The Bertz CT molecular complexity index is 1420. The summed E-state index contributed by atoms with van der Waals surface area (Å²) < 4.78 is 7.74. The monoisotopic (exact) mass is 620 g/mol. The Morgan fingerprint density at radius 2 is 1.69 bits per heavy atom. The Labute approximate surface area is 266 Å². The molecule has 0 radical (unpaired) electrons. The highest BCUT2D eigenvalue weighted by Crippen LogP contribution is 2.54. The molecule has 2 saturated heterocycles. The summed E-state index contributed by atoms with van der Waals surface area (Å²) >= 11 is 0. The van der Waals surface area contributed by atoms with Crippen LogP contribution < -0.4 is 10.6 Å². The maximum atomic E-state index is 14.0. The summed E-state index contributed by atoms with van der Waals surface area (Å²) in [6.45, 7) is 14.4. The van der Waals surface area contributed by atoms with E-state index >= 15 is 0 Å². The van der Waals surface area contributed by atoms with E-state index < -0.39 is 23.5 Å². The van der Waals surface area contributed by atoms with Crippen molar-refractivity contribution in [3.8, 4) is 0 Å². The first-order valence-corrected chi connectivity index (χ1v) is 15.9. The van der Waals surface area contributed by atoms with E-state index in [4.69, 9.17) is 4.74 Å². The number of nitrogens with zero attached hydrogens (tertiary/aromatic N) is 4. The molecule has 244 valence electrons. The van der Waals surface area contributed by atoms with Crippen molar-refractivity contribution in [2.45, 2.75) is 66.7 Å². The fourth-order valence-electron chi connectivity index (χ4n) is 6.58. The van der Waals surface area contributed by atoms with Gasteiger partial charge >= 0.3 is 0 Å². The average Bonchev–Trinajstić information content (AvgIpc) is 3.30. The number of aromatic nitrogens is 2. The van der Waals surface area contributed by atoms with Crippen molar-refractivity contribution >= 4 is 23.6 Å². The predicted octanol–water partition coefficient (Wildman–Crippen LogP) is 2.56. The summed E-state index contributed by atoms with van der Waals surface area (Å²) in [6, 6.07) is 8.97. The van der Waals surface area contributed by atoms with Gasteiger partial charge in [-0.3, -0.25) is 23.9 Å². The van der Waals surface area contributed by atoms with Crippen molar-refractivity contribution < 1.29 is 23.9 Å². The highest BCUT2D eigenvalue weighted by atomic mass is 16.5. The molecule has 2 aliphatic heterocycles. The van der Waals surface area contributed by atoms with Crippen LogP contribution in [0.2, 0.25) is 0 Å². The van der Waals surface area contributed by atoms with Gasteiger partial charge in [0.25, 0.3) is 5.91 Å². The minimum Gasteiger partial charge on any atom is -0.375 e. The van der Waals surface area contributed by atoms with Crippen molar-refractivity contribution in [2.75, 3.05) is 39.8 Å². The summed E-state index contributed by atoms with van der Waals surface area (Å²) in [4.78, 5) is 57.5. The second-order valence-corrected chi connectivity index (χ2v) is 15.1. The number of nitrogens with one attached hydrogen (secondary N) is 2. The van der Waals surface area contributed by atoms with Crippen LogP contribution in [0.5, 0.6) is 0 Å². The Morgan fingerprint density at radius 1 is 1.04 bits per heavy atom. The van der Waals surface area contributed by atoms with Crippen LogP contribution in [-0.4, -0.2) is 95.2 Å². The smallest absolute Gasteiger partial charge is 0.257 e. The van der Waals surface area contributed by atoms with Crippen molar-refractivity contribution in [3.63, 3.8) is 0 Å². The molecule has 2 N–H and O–H groups in total. The van der Waals surface area contributed by atoms with Crippen molar-refractivity contribution in [3.05, 3.63) is 53.9 Å². The molecule has 1 aliphatic carbocycles. The number of carbonyl (C=O) groups is 4. The van der Waals surface area contributed by atoms with Gasteiger partial charge in [0.15, 0.2) is 0 Å². The maximum absolute atomic E-state index is 14.0. The lowest BCUT2D eigenvalue weighted by Crippen LogP contribution is -2.65. The van der Waals surface area contributed by atoms with E-state index in [0.29, 0.717) is 38.3 Å². The molecule has 45 heavy (non-hydrogen) atoms. The minimum absolute atomic E-state index is 0.00186. The zero-order chi connectivity index (χ0) is 32.7. The van der Waals surface area contributed by atoms with Crippen LogP contribution >= 0.6 is 0 Å². The maximum Gasteiger partial charge on any atom is 0.257 e. The predicted molar refractivity (Wildman–Crippen MR) is 169 cm³/mol. The van der Waals surface area contributed by atoms with Crippen molar-refractivity contribution in [1.82, 2.24) is 30.2 Å². The van der Waals surface area contributed by atoms with E-state index in [0.717, 1.165) is 12.0 Å². The number of likely N-dealkylation sites (tertiary alicyclic amines) is 2. The van der Waals surface area contributed by atoms with Crippen LogP contribution in [0.25, 0.3) is 0 Å². The van der Waals surface area contributed by atoms with Crippen LogP contribution in [0.1, 0.15) is 63.9 Å². The van der Waals surface area contributed by atoms with E-state index in [2.05, 4.69) is 29.6 Å². The van der Waals surface area contributed by atoms with Gasteiger partial charge in [-0.15, -0.1) is 0 Å². The SMILES string of the molecule is CNC(=O)[C@@H](NC(=O)[C@@H]1CN(C(=O)c2cnn(Cc3ccccc3)c2)CC12CN(C(=O)[C@H]1CC1(C)C)C2)[C@@H](C)OCC(C)(C)C. The summed E-state index contributed by atoms with van der Waals surface area (Å²) in [5.41, 5.74) is 0.798. The molecular formula is C34H48N6O5. The summed E-state index contributed by atoms with van der Waals surface area (Å²) in [6.07, 6.45) is 3.58. The van der Waals surface area contributed by atoms with Gasteiger partial charge in [0.2, 0.25) is 17.7 Å². The first-order chi connectivity index (χ1) is 21.1. The molecule has 11 nitrogen and oxygen atoms in total. The second kappa shape index (κ2) is 12.2. The number of rotatable bonds is 10. The molecule has 1 aromatic carbocycles. The van der Waals surface area contributed by atoms with Crippen molar-refractivity contribution in [2.24, 2.45) is 28.1 Å². The number of carbonyl (C=O) groups excluding carboxylic acids is 4. The summed E-state index contributed by atoms with van der Waals surface area (Å²) in [5, 5.41) is 10.0. The molecule has 0 unspecified atom stereocenters. The molecule has 3 aliphatic rings. The third-order valence-electron chi connectivity index (χ3n) is 9.53. The van der Waals surface area contributed by atoms with Crippen LogP contribution in [0.15, 0.2) is 42.7 Å². The number of benzene rings is 1. The molecule has 4 atom stereocenters. The number of likely N-dealkylation sites (N-methyl/N-ethyl adjacent to an activating group) is 1. The topological polar surface area (TPSA) is 126 Å². The molecule has 5 rings (SSSR count). The van der Waals surface area contributed by atoms with E-state index in [1.807, 2.05) is 56.0 Å². The largest absolute Gasteiger partial charge is 0.375 e. The second-order valence-electron chi connectivity index (χ2n) is 15.1. The van der Waals surface area contributed by atoms with Gasteiger partial charge in [0, 0.05) is 50.8 Å². The average molecular weight is 621 g/mol. The van der Waals surface area contributed by atoms with E-state index in [9.17, 15) is 19.2 Å². The van der Waals surface area contributed by atoms with E-state index in [1.54, 1.807) is 28.9 Å². The standard InChI is InChI=1S/C34H48N6O5/c1-22(45-21-32(2,3)4)27(29(42)35-7)37-28(41)26-17-38(18-34(26)19-39(20-34)31(44)25-13-33(25,5)6)30(43)24-14-36-40(16-24)15-23-11-9-8-10-12-23/h8-12,14,16,22,25-27H,13,15,17-21H2,1-7H3,(H,35,42)(H,37,41)/t22-,25-,26+,27+/m1/s1. The Balaban J connectivity index is 1.33. The highest BCUT2D eigenvalue weighted by molar-refractivity contribution is 5.95. The quantitative estimate of drug-likeness (QED) is 0.421. The molecule has 2 aromatic rings. The number of amides is 4. The summed E-state index contributed by atoms with van der Waals surface area (Å²) in [5.74, 6) is -1.36. The van der Waals surface area contributed by atoms with Gasteiger partial charge in [-0.2, -0.15) is 5.10 Å². The molecule has 3 heterocycles. The molecule has 1 saturated carbocycles. The fraction of sp³-hybridized carbons (Fsp3) is 0.618. The molecule has 0 bridgehead atoms. The van der Waals surface area contributed by atoms with E-state index in [1.165, 1.54) is 7.05 Å².